The second kappa shape index (κ2) is 6.87. The third-order valence-electron chi connectivity index (χ3n) is 3.86. The highest BCUT2D eigenvalue weighted by Crippen LogP contribution is 2.24. The van der Waals surface area contributed by atoms with Gasteiger partial charge in [0.25, 0.3) is 0 Å². The van der Waals surface area contributed by atoms with Gasteiger partial charge in [-0.2, -0.15) is 8.78 Å². The number of benzene rings is 1. The van der Waals surface area contributed by atoms with Crippen LogP contribution >= 0.6 is 0 Å². The van der Waals surface area contributed by atoms with Crippen LogP contribution in [0.5, 0.6) is 5.75 Å². The van der Waals surface area contributed by atoms with E-state index in [1.165, 1.54) is 12.1 Å². The number of hydrogen-bond donors (Lipinski definition) is 0. The SMILES string of the molecule is FC(F)Oc1ccc(-c2nccn2CCC2CCOC2)cc1. The number of nitrogens with zero attached hydrogens (tertiary/aromatic N) is 2. The molecule has 3 rings (SSSR count). The van der Waals surface area contributed by atoms with Crippen LogP contribution in [0, 0.1) is 5.92 Å². The van der Waals surface area contributed by atoms with Crippen molar-refractivity contribution < 1.29 is 18.3 Å². The number of rotatable bonds is 6. The first kappa shape index (κ1) is 15.0. The lowest BCUT2D eigenvalue weighted by molar-refractivity contribution is -0.0498. The fourth-order valence-electron chi connectivity index (χ4n) is 2.67. The average molecular weight is 308 g/mol. The van der Waals surface area contributed by atoms with Crippen molar-refractivity contribution in [2.45, 2.75) is 26.0 Å². The van der Waals surface area contributed by atoms with E-state index in [2.05, 4.69) is 14.3 Å². The Labute approximate surface area is 127 Å². The maximum atomic E-state index is 12.2. The van der Waals surface area contributed by atoms with Gasteiger partial charge in [0.05, 0.1) is 0 Å². The zero-order valence-electron chi connectivity index (χ0n) is 12.1. The number of aromatic nitrogens is 2. The molecule has 0 saturated carbocycles. The van der Waals surface area contributed by atoms with Crippen molar-refractivity contribution in [2.75, 3.05) is 13.2 Å². The first-order valence-electron chi connectivity index (χ1n) is 7.36. The van der Waals surface area contributed by atoms with Gasteiger partial charge in [-0.1, -0.05) is 0 Å². The van der Waals surface area contributed by atoms with Gasteiger partial charge >= 0.3 is 6.61 Å². The zero-order chi connectivity index (χ0) is 15.4. The topological polar surface area (TPSA) is 36.3 Å². The van der Waals surface area contributed by atoms with Crippen LogP contribution in [0.25, 0.3) is 11.4 Å². The number of ether oxygens (including phenoxy) is 2. The second-order valence-electron chi connectivity index (χ2n) is 5.37. The van der Waals surface area contributed by atoms with Gasteiger partial charge in [0.2, 0.25) is 0 Å². The van der Waals surface area contributed by atoms with Crippen LogP contribution in [-0.4, -0.2) is 29.4 Å². The van der Waals surface area contributed by atoms with E-state index in [0.717, 1.165) is 44.0 Å². The summed E-state index contributed by atoms with van der Waals surface area (Å²) in [6, 6.07) is 6.56. The Balaban J connectivity index is 1.67. The first-order valence-corrected chi connectivity index (χ1v) is 7.36. The predicted molar refractivity (Wildman–Crippen MR) is 77.8 cm³/mol. The number of hydrogen-bond acceptors (Lipinski definition) is 3. The van der Waals surface area contributed by atoms with Gasteiger partial charge in [-0.25, -0.2) is 4.98 Å². The van der Waals surface area contributed by atoms with Gasteiger partial charge in [0.1, 0.15) is 11.6 Å². The Morgan fingerprint density at radius 1 is 1.32 bits per heavy atom. The fourth-order valence-corrected chi connectivity index (χ4v) is 2.67. The Morgan fingerprint density at radius 3 is 2.82 bits per heavy atom. The highest BCUT2D eigenvalue weighted by atomic mass is 19.3. The molecule has 118 valence electrons. The van der Waals surface area contributed by atoms with Crippen molar-refractivity contribution in [3.8, 4) is 17.1 Å². The molecule has 1 aromatic carbocycles. The van der Waals surface area contributed by atoms with Crippen LogP contribution in [0.15, 0.2) is 36.7 Å². The molecule has 0 aliphatic carbocycles. The lowest BCUT2D eigenvalue weighted by atomic mass is 10.1. The average Bonchev–Trinajstić information content (AvgIpc) is 3.17. The fraction of sp³-hybridized carbons (Fsp3) is 0.438. The van der Waals surface area contributed by atoms with Crippen LogP contribution in [-0.2, 0) is 11.3 Å². The summed E-state index contributed by atoms with van der Waals surface area (Å²) in [6.07, 6.45) is 5.86. The summed E-state index contributed by atoms with van der Waals surface area (Å²) < 4.78 is 36.1. The molecule has 0 bridgehead atoms. The van der Waals surface area contributed by atoms with Gasteiger partial charge in [-0.3, -0.25) is 0 Å². The highest BCUT2D eigenvalue weighted by Gasteiger charge is 2.16. The van der Waals surface area contributed by atoms with Crippen molar-refractivity contribution in [2.24, 2.45) is 5.92 Å². The quantitative estimate of drug-likeness (QED) is 0.818. The molecule has 0 spiro atoms. The van der Waals surface area contributed by atoms with Crippen LogP contribution < -0.4 is 4.74 Å². The van der Waals surface area contributed by atoms with Crippen molar-refractivity contribution in [1.29, 1.82) is 0 Å². The molecular formula is C16H18F2N2O2. The van der Waals surface area contributed by atoms with E-state index in [0.29, 0.717) is 5.92 Å². The highest BCUT2D eigenvalue weighted by molar-refractivity contribution is 5.56. The molecule has 0 amide bonds. The summed E-state index contributed by atoms with van der Waals surface area (Å²) in [4.78, 5) is 4.37. The van der Waals surface area contributed by atoms with Crippen LogP contribution in [0.1, 0.15) is 12.8 Å². The Kier molecular flexibility index (Phi) is 4.68. The standard InChI is InChI=1S/C16H18F2N2O2/c17-16(18)22-14-3-1-13(2-4-14)15-19-7-9-20(15)8-5-12-6-10-21-11-12/h1-4,7,9,12,16H,5-6,8,10-11H2. The largest absolute Gasteiger partial charge is 0.435 e. The first-order chi connectivity index (χ1) is 10.7. The summed E-state index contributed by atoms with van der Waals surface area (Å²) >= 11 is 0. The summed E-state index contributed by atoms with van der Waals surface area (Å²) in [7, 11) is 0. The molecule has 1 unspecified atom stereocenters. The van der Waals surface area contributed by atoms with E-state index in [1.807, 2.05) is 6.20 Å². The molecule has 1 fully saturated rings. The number of alkyl halides is 2. The molecule has 1 aliphatic heterocycles. The lowest BCUT2D eigenvalue weighted by Crippen LogP contribution is -2.07. The molecule has 2 heterocycles. The lowest BCUT2D eigenvalue weighted by Gasteiger charge is -2.11. The van der Waals surface area contributed by atoms with E-state index in [9.17, 15) is 8.78 Å². The summed E-state index contributed by atoms with van der Waals surface area (Å²) in [5.74, 6) is 1.60. The van der Waals surface area contributed by atoms with Gasteiger partial charge in [-0.05, 0) is 43.0 Å². The molecule has 1 saturated heterocycles. The zero-order valence-corrected chi connectivity index (χ0v) is 12.1. The molecule has 4 nitrogen and oxygen atoms in total. The van der Waals surface area contributed by atoms with E-state index in [-0.39, 0.29) is 5.75 Å². The van der Waals surface area contributed by atoms with Crippen molar-refractivity contribution >= 4 is 0 Å². The smallest absolute Gasteiger partial charge is 0.387 e. The maximum absolute atomic E-state index is 12.2. The van der Waals surface area contributed by atoms with Crippen LogP contribution in [0.2, 0.25) is 0 Å². The van der Waals surface area contributed by atoms with Gasteiger partial charge in [0.15, 0.2) is 0 Å². The molecular weight excluding hydrogens is 290 g/mol. The van der Waals surface area contributed by atoms with Crippen molar-refractivity contribution in [3.63, 3.8) is 0 Å². The number of imidazole rings is 1. The third-order valence-corrected chi connectivity index (χ3v) is 3.86. The van der Waals surface area contributed by atoms with E-state index >= 15 is 0 Å². The van der Waals surface area contributed by atoms with E-state index < -0.39 is 6.61 Å². The predicted octanol–water partition coefficient (Wildman–Crippen LogP) is 3.58. The molecule has 1 atom stereocenters. The third kappa shape index (κ3) is 3.62. The monoisotopic (exact) mass is 308 g/mol. The maximum Gasteiger partial charge on any atom is 0.387 e. The van der Waals surface area contributed by atoms with E-state index in [1.54, 1.807) is 18.3 Å². The molecule has 0 N–H and O–H groups in total. The molecule has 2 aromatic rings. The molecule has 22 heavy (non-hydrogen) atoms. The van der Waals surface area contributed by atoms with Gasteiger partial charge in [0, 0.05) is 37.7 Å². The van der Waals surface area contributed by atoms with Crippen LogP contribution in [0.3, 0.4) is 0 Å². The minimum absolute atomic E-state index is 0.153. The molecule has 1 aromatic heterocycles. The summed E-state index contributed by atoms with van der Waals surface area (Å²) in [5, 5.41) is 0. The Bertz CT molecular complexity index is 592. The summed E-state index contributed by atoms with van der Waals surface area (Å²) in [5.41, 5.74) is 0.884. The summed E-state index contributed by atoms with van der Waals surface area (Å²) in [6.45, 7) is -0.239. The van der Waals surface area contributed by atoms with Gasteiger partial charge in [-0.15, -0.1) is 0 Å². The molecule has 6 heteroatoms. The van der Waals surface area contributed by atoms with Gasteiger partial charge < -0.3 is 14.0 Å². The van der Waals surface area contributed by atoms with E-state index in [4.69, 9.17) is 4.74 Å². The number of halogens is 2. The minimum atomic E-state index is -2.80. The van der Waals surface area contributed by atoms with Crippen LogP contribution in [0.4, 0.5) is 8.78 Å². The normalized spacial score (nSPS) is 18.0. The second-order valence-corrected chi connectivity index (χ2v) is 5.37. The minimum Gasteiger partial charge on any atom is -0.435 e. The number of aryl methyl sites for hydroxylation is 1. The Hall–Kier alpha value is -1.95. The van der Waals surface area contributed by atoms with Crippen molar-refractivity contribution in [3.05, 3.63) is 36.7 Å². The van der Waals surface area contributed by atoms with Crippen molar-refractivity contribution in [1.82, 2.24) is 9.55 Å². The molecule has 0 radical (unpaired) electrons. The Morgan fingerprint density at radius 2 is 2.14 bits per heavy atom. The molecule has 1 aliphatic rings.